The van der Waals surface area contributed by atoms with E-state index >= 15 is 0 Å². The van der Waals surface area contributed by atoms with Crippen LogP contribution in [0, 0.1) is 11.6 Å². The Morgan fingerprint density at radius 3 is 2.63 bits per heavy atom. The minimum absolute atomic E-state index is 0.182. The van der Waals surface area contributed by atoms with Gasteiger partial charge in [-0.2, -0.15) is 0 Å². The molecule has 0 saturated carbocycles. The minimum Gasteiger partial charge on any atom is -0.355 e. The predicted molar refractivity (Wildman–Crippen MR) is 70.6 cm³/mol. The molecule has 0 atom stereocenters. The van der Waals surface area contributed by atoms with Crippen molar-refractivity contribution in [3.8, 4) is 0 Å². The van der Waals surface area contributed by atoms with Crippen molar-refractivity contribution in [1.82, 2.24) is 4.98 Å². The van der Waals surface area contributed by atoms with E-state index in [0.29, 0.717) is 23.5 Å². The summed E-state index contributed by atoms with van der Waals surface area (Å²) in [5.41, 5.74) is 6.72. The van der Waals surface area contributed by atoms with Crippen LogP contribution in [0.15, 0.2) is 36.5 Å². The molecule has 0 aliphatic carbocycles. The van der Waals surface area contributed by atoms with Crippen molar-refractivity contribution >= 4 is 5.82 Å². The maximum absolute atomic E-state index is 13.6. The summed E-state index contributed by atoms with van der Waals surface area (Å²) < 4.78 is 26.7. The Morgan fingerprint density at radius 1 is 1.21 bits per heavy atom. The van der Waals surface area contributed by atoms with E-state index in [4.69, 9.17) is 5.73 Å². The maximum Gasteiger partial charge on any atom is 0.141 e. The molecule has 0 radical (unpaired) electrons. The van der Waals surface area contributed by atoms with E-state index in [1.165, 1.54) is 12.1 Å². The van der Waals surface area contributed by atoms with Crippen molar-refractivity contribution in [1.29, 1.82) is 0 Å². The van der Waals surface area contributed by atoms with Gasteiger partial charge < -0.3 is 10.6 Å². The summed E-state index contributed by atoms with van der Waals surface area (Å²) in [6, 6.07) is 7.87. The van der Waals surface area contributed by atoms with Crippen molar-refractivity contribution < 1.29 is 8.78 Å². The van der Waals surface area contributed by atoms with Crippen molar-refractivity contribution in [3.05, 3.63) is 59.3 Å². The molecule has 0 bridgehead atoms. The van der Waals surface area contributed by atoms with Crippen molar-refractivity contribution in [3.63, 3.8) is 0 Å². The van der Waals surface area contributed by atoms with Gasteiger partial charge in [0.05, 0.1) is 6.20 Å². The monoisotopic (exact) mass is 263 g/mol. The van der Waals surface area contributed by atoms with E-state index in [1.54, 1.807) is 30.1 Å². The van der Waals surface area contributed by atoms with Crippen molar-refractivity contribution in [2.24, 2.45) is 5.73 Å². The van der Waals surface area contributed by atoms with Gasteiger partial charge in [0.1, 0.15) is 17.5 Å². The lowest BCUT2D eigenvalue weighted by molar-refractivity contribution is 0.605. The Morgan fingerprint density at radius 2 is 1.95 bits per heavy atom. The Bertz CT molecular complexity index is 572. The van der Waals surface area contributed by atoms with Crippen LogP contribution in [-0.4, -0.2) is 12.0 Å². The summed E-state index contributed by atoms with van der Waals surface area (Å²) in [6.45, 7) is 0.528. The number of aromatic nitrogens is 1. The molecule has 3 nitrogen and oxygen atoms in total. The van der Waals surface area contributed by atoms with Crippen molar-refractivity contribution in [2.45, 2.75) is 13.1 Å². The second-order valence-corrected chi connectivity index (χ2v) is 4.29. The molecule has 2 N–H and O–H groups in total. The number of nitrogens with zero attached hydrogens (tertiary/aromatic N) is 2. The molecule has 5 heteroatoms. The molecule has 2 aromatic rings. The van der Waals surface area contributed by atoms with E-state index in [9.17, 15) is 8.78 Å². The highest BCUT2D eigenvalue weighted by Crippen LogP contribution is 2.19. The third-order valence-electron chi connectivity index (χ3n) is 2.86. The molecule has 100 valence electrons. The Kier molecular flexibility index (Phi) is 4.06. The van der Waals surface area contributed by atoms with Gasteiger partial charge >= 0.3 is 0 Å². The van der Waals surface area contributed by atoms with E-state index in [1.807, 2.05) is 0 Å². The summed E-state index contributed by atoms with van der Waals surface area (Å²) in [4.78, 5) is 5.77. The smallest absolute Gasteiger partial charge is 0.141 e. The SMILES string of the molecule is CN(Cc1ccccc1F)c1ncc(F)cc1CN. The standard InChI is InChI=1S/C14H15F2N3/c1-19(9-10-4-2-3-5-13(10)16)14-11(7-17)6-12(15)8-18-14/h2-6,8H,7,9,17H2,1H3. The molecule has 0 fully saturated rings. The number of anilines is 1. The summed E-state index contributed by atoms with van der Waals surface area (Å²) in [6.07, 6.45) is 1.13. The molecular weight excluding hydrogens is 248 g/mol. The molecule has 1 aromatic heterocycles. The largest absolute Gasteiger partial charge is 0.355 e. The first-order chi connectivity index (χ1) is 9.11. The van der Waals surface area contributed by atoms with Gasteiger partial charge in [-0.15, -0.1) is 0 Å². The number of nitrogens with two attached hydrogens (primary N) is 1. The van der Waals surface area contributed by atoms with Crippen LogP contribution in [0.5, 0.6) is 0 Å². The first-order valence-corrected chi connectivity index (χ1v) is 5.91. The number of pyridine rings is 1. The Hall–Kier alpha value is -2.01. The maximum atomic E-state index is 13.6. The lowest BCUT2D eigenvalue weighted by Gasteiger charge is -2.21. The molecule has 0 spiro atoms. The predicted octanol–water partition coefficient (Wildman–Crippen LogP) is 2.45. The summed E-state index contributed by atoms with van der Waals surface area (Å²) in [7, 11) is 1.77. The van der Waals surface area contributed by atoms with E-state index in [2.05, 4.69) is 4.98 Å². The molecule has 0 unspecified atom stereocenters. The van der Waals surface area contributed by atoms with Crippen molar-refractivity contribution in [2.75, 3.05) is 11.9 Å². The van der Waals surface area contributed by atoms with Gasteiger partial charge in [-0.05, 0) is 12.1 Å². The first-order valence-electron chi connectivity index (χ1n) is 5.91. The summed E-state index contributed by atoms with van der Waals surface area (Å²) >= 11 is 0. The highest BCUT2D eigenvalue weighted by molar-refractivity contribution is 5.46. The zero-order valence-electron chi connectivity index (χ0n) is 10.6. The van der Waals surface area contributed by atoms with Crippen LogP contribution in [-0.2, 0) is 13.1 Å². The minimum atomic E-state index is -0.427. The molecule has 19 heavy (non-hydrogen) atoms. The van der Waals surface area contributed by atoms with Gasteiger partial charge in [-0.25, -0.2) is 13.8 Å². The van der Waals surface area contributed by atoms with E-state index < -0.39 is 5.82 Å². The van der Waals surface area contributed by atoms with Gasteiger partial charge in [0.25, 0.3) is 0 Å². The van der Waals surface area contributed by atoms with Crippen LogP contribution >= 0.6 is 0 Å². The van der Waals surface area contributed by atoms with Gasteiger partial charge in [0.15, 0.2) is 0 Å². The molecule has 0 amide bonds. The number of halogens is 2. The number of benzene rings is 1. The van der Waals surface area contributed by atoms with Crippen LogP contribution in [0.2, 0.25) is 0 Å². The Balaban J connectivity index is 2.25. The third-order valence-corrected chi connectivity index (χ3v) is 2.86. The topological polar surface area (TPSA) is 42.2 Å². The fourth-order valence-electron chi connectivity index (χ4n) is 1.92. The van der Waals surface area contributed by atoms with Crippen LogP contribution in [0.1, 0.15) is 11.1 Å². The Labute approximate surface area is 110 Å². The number of hydrogen-bond donors (Lipinski definition) is 1. The fourth-order valence-corrected chi connectivity index (χ4v) is 1.92. The highest BCUT2D eigenvalue weighted by Gasteiger charge is 2.11. The zero-order valence-corrected chi connectivity index (χ0v) is 10.6. The van der Waals surface area contributed by atoms with Crippen LogP contribution in [0.4, 0.5) is 14.6 Å². The first kappa shape index (κ1) is 13.4. The molecular formula is C14H15F2N3. The number of hydrogen-bond acceptors (Lipinski definition) is 3. The van der Waals surface area contributed by atoms with Gasteiger partial charge in [-0.1, -0.05) is 18.2 Å². The lowest BCUT2D eigenvalue weighted by atomic mass is 10.2. The summed E-state index contributed by atoms with van der Waals surface area (Å²) in [5.74, 6) is -0.138. The average Bonchev–Trinajstić information content (AvgIpc) is 2.41. The number of rotatable bonds is 4. The zero-order chi connectivity index (χ0) is 13.8. The fraction of sp³-hybridized carbons (Fsp3) is 0.214. The molecule has 2 rings (SSSR count). The third kappa shape index (κ3) is 3.06. The van der Waals surface area contributed by atoms with E-state index in [-0.39, 0.29) is 12.4 Å². The van der Waals surface area contributed by atoms with Crippen LogP contribution in [0.25, 0.3) is 0 Å². The van der Waals surface area contributed by atoms with Gasteiger partial charge in [0.2, 0.25) is 0 Å². The molecule has 0 aliphatic rings. The second-order valence-electron chi connectivity index (χ2n) is 4.29. The van der Waals surface area contributed by atoms with Gasteiger partial charge in [0, 0.05) is 31.3 Å². The van der Waals surface area contributed by atoms with Crippen LogP contribution < -0.4 is 10.6 Å². The lowest BCUT2D eigenvalue weighted by Crippen LogP contribution is -2.21. The normalized spacial score (nSPS) is 10.5. The molecule has 1 aromatic carbocycles. The average molecular weight is 263 g/mol. The van der Waals surface area contributed by atoms with Crippen LogP contribution in [0.3, 0.4) is 0 Å². The van der Waals surface area contributed by atoms with Gasteiger partial charge in [-0.3, -0.25) is 0 Å². The highest BCUT2D eigenvalue weighted by atomic mass is 19.1. The van der Waals surface area contributed by atoms with E-state index in [0.717, 1.165) is 6.20 Å². The molecule has 1 heterocycles. The molecule has 0 aliphatic heterocycles. The second kappa shape index (κ2) is 5.75. The summed E-state index contributed by atoms with van der Waals surface area (Å²) in [5, 5.41) is 0. The quantitative estimate of drug-likeness (QED) is 0.921. The molecule has 0 saturated heterocycles.